The molecule has 0 N–H and O–H groups in total. The topological polar surface area (TPSA) is 57.7 Å². The van der Waals surface area contributed by atoms with Gasteiger partial charge in [-0.15, -0.1) is 0 Å². The summed E-state index contributed by atoms with van der Waals surface area (Å²) in [4.78, 5) is 14.7. The third kappa shape index (κ3) is 3.34. The quantitative estimate of drug-likeness (QED) is 0.541. The van der Waals surface area contributed by atoms with Crippen molar-refractivity contribution < 1.29 is 17.6 Å². The molecule has 8 heteroatoms. The second-order valence-corrected chi connectivity index (χ2v) is 9.31. The fourth-order valence-corrected chi connectivity index (χ4v) is 5.42. The SMILES string of the molecule is Cc1cc(C)cc(N2C(=O)N(Cc3c(F)cccc3Cl)c3ccccc3S2(=O)=O)c1. The Bertz CT molecular complexity index is 1240. The van der Waals surface area contributed by atoms with Gasteiger partial charge >= 0.3 is 6.03 Å². The molecule has 0 saturated carbocycles. The van der Waals surface area contributed by atoms with Crippen LogP contribution in [0.25, 0.3) is 0 Å². The summed E-state index contributed by atoms with van der Waals surface area (Å²) in [6, 6.07) is 14.8. The van der Waals surface area contributed by atoms with Crippen LogP contribution >= 0.6 is 11.6 Å². The predicted octanol–water partition coefficient (Wildman–Crippen LogP) is 5.43. The smallest absolute Gasteiger partial charge is 0.287 e. The van der Waals surface area contributed by atoms with Crippen LogP contribution in [0.5, 0.6) is 0 Å². The molecule has 30 heavy (non-hydrogen) atoms. The van der Waals surface area contributed by atoms with Gasteiger partial charge in [-0.1, -0.05) is 35.9 Å². The number of carbonyl (C=O) groups is 1. The molecular formula is C22H18ClFN2O3S. The van der Waals surface area contributed by atoms with Crippen molar-refractivity contribution in [2.24, 2.45) is 0 Å². The summed E-state index contributed by atoms with van der Waals surface area (Å²) in [5, 5.41) is 0.159. The molecule has 5 nitrogen and oxygen atoms in total. The second-order valence-electron chi connectivity index (χ2n) is 7.15. The van der Waals surface area contributed by atoms with Crippen molar-refractivity contribution in [3.05, 3.63) is 88.2 Å². The third-order valence-corrected chi connectivity index (χ3v) is 7.00. The molecule has 0 saturated heterocycles. The number of anilines is 2. The fraction of sp³-hybridized carbons (Fsp3) is 0.136. The number of carbonyl (C=O) groups excluding carboxylic acids is 1. The van der Waals surface area contributed by atoms with Gasteiger partial charge in [0.15, 0.2) is 0 Å². The highest BCUT2D eigenvalue weighted by atomic mass is 35.5. The molecule has 0 unspecified atom stereocenters. The molecule has 0 aromatic heterocycles. The van der Waals surface area contributed by atoms with Crippen molar-refractivity contribution in [1.29, 1.82) is 0 Å². The molecule has 2 amide bonds. The van der Waals surface area contributed by atoms with E-state index in [0.29, 0.717) is 0 Å². The van der Waals surface area contributed by atoms with Crippen LogP contribution in [0, 0.1) is 19.7 Å². The Balaban J connectivity index is 1.92. The fourth-order valence-electron chi connectivity index (χ4n) is 3.62. The van der Waals surface area contributed by atoms with Crippen molar-refractivity contribution in [1.82, 2.24) is 0 Å². The van der Waals surface area contributed by atoms with Crippen LogP contribution in [0.4, 0.5) is 20.6 Å². The van der Waals surface area contributed by atoms with E-state index in [1.807, 2.05) is 19.9 Å². The van der Waals surface area contributed by atoms with Crippen molar-refractivity contribution in [3.8, 4) is 0 Å². The number of amides is 2. The van der Waals surface area contributed by atoms with E-state index in [1.165, 1.54) is 35.2 Å². The average Bonchev–Trinajstić information content (AvgIpc) is 2.66. The van der Waals surface area contributed by atoms with Gasteiger partial charge in [0.2, 0.25) is 0 Å². The van der Waals surface area contributed by atoms with E-state index >= 15 is 0 Å². The average molecular weight is 445 g/mol. The van der Waals surface area contributed by atoms with Gasteiger partial charge < -0.3 is 0 Å². The number of hydrogen-bond donors (Lipinski definition) is 0. The molecular weight excluding hydrogens is 427 g/mol. The number of urea groups is 1. The highest BCUT2D eigenvalue weighted by Gasteiger charge is 2.42. The molecule has 0 atom stereocenters. The number of benzene rings is 3. The van der Waals surface area contributed by atoms with E-state index in [4.69, 9.17) is 11.6 Å². The molecule has 0 radical (unpaired) electrons. The van der Waals surface area contributed by atoms with Crippen molar-refractivity contribution in [3.63, 3.8) is 0 Å². The van der Waals surface area contributed by atoms with Crippen LogP contribution in [-0.2, 0) is 16.6 Å². The Morgan fingerprint density at radius 3 is 2.30 bits per heavy atom. The second kappa shape index (κ2) is 7.41. The van der Waals surface area contributed by atoms with E-state index < -0.39 is 21.9 Å². The Morgan fingerprint density at radius 1 is 0.967 bits per heavy atom. The van der Waals surface area contributed by atoms with Crippen molar-refractivity contribution in [2.75, 3.05) is 9.21 Å². The first-order chi connectivity index (χ1) is 14.2. The number of aryl methyl sites for hydroxylation is 2. The zero-order valence-electron chi connectivity index (χ0n) is 16.3. The summed E-state index contributed by atoms with van der Waals surface area (Å²) >= 11 is 6.16. The molecule has 0 bridgehead atoms. The lowest BCUT2D eigenvalue weighted by Gasteiger charge is -2.36. The molecule has 154 valence electrons. The number of fused-ring (bicyclic) bond motifs is 1. The minimum atomic E-state index is -4.15. The lowest BCUT2D eigenvalue weighted by molar-refractivity contribution is 0.253. The summed E-state index contributed by atoms with van der Waals surface area (Å²) in [6.45, 7) is 3.43. The highest BCUT2D eigenvalue weighted by Crippen LogP contribution is 2.39. The van der Waals surface area contributed by atoms with Gasteiger partial charge in [0.1, 0.15) is 10.7 Å². The number of sulfonamides is 1. The zero-order valence-corrected chi connectivity index (χ0v) is 17.8. The standard InChI is InChI=1S/C22H18ClFN2O3S/c1-14-10-15(2)12-16(11-14)26-22(27)25(13-17-18(23)6-5-7-19(17)24)20-8-3-4-9-21(20)30(26,28)29/h3-12H,13H2,1-2H3. The van der Waals surface area contributed by atoms with Crippen LogP contribution in [0.3, 0.4) is 0 Å². The summed E-state index contributed by atoms with van der Waals surface area (Å²) in [5.74, 6) is -0.570. The lowest BCUT2D eigenvalue weighted by Crippen LogP contribution is -2.50. The highest BCUT2D eigenvalue weighted by molar-refractivity contribution is 7.94. The molecule has 1 aliphatic rings. The lowest BCUT2D eigenvalue weighted by atomic mass is 10.1. The van der Waals surface area contributed by atoms with Gasteiger partial charge in [0.05, 0.1) is 17.9 Å². The van der Waals surface area contributed by atoms with E-state index in [-0.39, 0.29) is 33.4 Å². The minimum absolute atomic E-state index is 0.0313. The number of rotatable bonds is 3. The van der Waals surface area contributed by atoms with Crippen LogP contribution in [0.2, 0.25) is 5.02 Å². The largest absolute Gasteiger partial charge is 0.343 e. The predicted molar refractivity (Wildman–Crippen MR) is 115 cm³/mol. The maximum absolute atomic E-state index is 14.4. The Kier molecular flexibility index (Phi) is 5.03. The molecule has 0 fully saturated rings. The number of halogens is 2. The first-order valence-corrected chi connectivity index (χ1v) is 11.0. The number of para-hydroxylation sites is 1. The molecule has 3 aromatic carbocycles. The molecule has 0 spiro atoms. The molecule has 1 aliphatic heterocycles. The van der Waals surface area contributed by atoms with E-state index in [1.54, 1.807) is 24.3 Å². The van der Waals surface area contributed by atoms with E-state index in [9.17, 15) is 17.6 Å². The Labute approximate surface area is 179 Å². The summed E-state index contributed by atoms with van der Waals surface area (Å²) in [5.41, 5.74) is 2.16. The van der Waals surface area contributed by atoms with E-state index in [0.717, 1.165) is 15.4 Å². The first kappa shape index (κ1) is 20.4. The van der Waals surface area contributed by atoms with Gasteiger partial charge in [0, 0.05) is 10.6 Å². The van der Waals surface area contributed by atoms with Gasteiger partial charge in [-0.2, -0.15) is 4.31 Å². The Morgan fingerprint density at radius 2 is 1.63 bits per heavy atom. The summed E-state index contributed by atoms with van der Waals surface area (Å²) < 4.78 is 41.9. The van der Waals surface area contributed by atoms with Gasteiger partial charge in [0.25, 0.3) is 10.0 Å². The van der Waals surface area contributed by atoms with Crippen molar-refractivity contribution in [2.45, 2.75) is 25.3 Å². The van der Waals surface area contributed by atoms with E-state index in [2.05, 4.69) is 0 Å². The molecule has 1 heterocycles. The maximum atomic E-state index is 14.4. The number of hydrogen-bond acceptors (Lipinski definition) is 3. The first-order valence-electron chi connectivity index (χ1n) is 9.17. The summed E-state index contributed by atoms with van der Waals surface area (Å²) in [6.07, 6.45) is 0. The maximum Gasteiger partial charge on any atom is 0.343 e. The third-order valence-electron chi connectivity index (χ3n) is 4.90. The normalized spacial score (nSPS) is 15.3. The van der Waals surface area contributed by atoms with Gasteiger partial charge in [-0.25, -0.2) is 17.6 Å². The minimum Gasteiger partial charge on any atom is -0.287 e. The van der Waals surface area contributed by atoms with Crippen LogP contribution in [-0.4, -0.2) is 14.4 Å². The van der Waals surface area contributed by atoms with Crippen LogP contribution < -0.4 is 9.21 Å². The number of nitrogens with zero attached hydrogens (tertiary/aromatic N) is 2. The van der Waals surface area contributed by atoms with Gasteiger partial charge in [-0.3, -0.25) is 4.90 Å². The van der Waals surface area contributed by atoms with Crippen molar-refractivity contribution >= 4 is 39.0 Å². The monoisotopic (exact) mass is 444 g/mol. The van der Waals surface area contributed by atoms with Gasteiger partial charge in [-0.05, 0) is 61.4 Å². The Hall–Kier alpha value is -2.90. The molecule has 3 aromatic rings. The molecule has 4 rings (SSSR count). The molecule has 0 aliphatic carbocycles. The zero-order chi connectivity index (χ0) is 21.6. The van der Waals surface area contributed by atoms with Crippen LogP contribution in [0.15, 0.2) is 65.6 Å². The van der Waals surface area contributed by atoms with Crippen LogP contribution in [0.1, 0.15) is 16.7 Å². The summed E-state index contributed by atoms with van der Waals surface area (Å²) in [7, 11) is -4.15.